The molecule has 0 aromatic heterocycles. The smallest absolute Gasteiger partial charge is 0.330 e. The molecule has 0 aromatic carbocycles. The zero-order chi connectivity index (χ0) is 12.1. The topological polar surface area (TPSA) is 63.4 Å². The first kappa shape index (κ1) is 14.7. The predicted molar refractivity (Wildman–Crippen MR) is 50.8 cm³/mol. The lowest BCUT2D eigenvalue weighted by Crippen LogP contribution is -2.40. The van der Waals surface area contributed by atoms with Gasteiger partial charge in [-0.25, -0.2) is 8.42 Å². The van der Waals surface area contributed by atoms with Crippen LogP contribution in [0.15, 0.2) is 0 Å². The largest absolute Gasteiger partial charge is 0.402 e. The van der Waals surface area contributed by atoms with Crippen molar-refractivity contribution in [1.29, 1.82) is 0 Å². The van der Waals surface area contributed by atoms with Crippen molar-refractivity contribution in [2.75, 3.05) is 25.4 Å². The van der Waals surface area contributed by atoms with Gasteiger partial charge in [-0.3, -0.25) is 0 Å². The normalized spacial score (nSPS) is 13.5. The minimum absolute atomic E-state index is 0.142. The summed E-state index contributed by atoms with van der Waals surface area (Å²) in [6.07, 6.45) is -4.34. The Kier molecular flexibility index (Phi) is 5.54. The second kappa shape index (κ2) is 5.66. The Morgan fingerprint density at radius 2 is 1.87 bits per heavy atom. The van der Waals surface area contributed by atoms with Gasteiger partial charge >= 0.3 is 6.18 Å². The van der Waals surface area contributed by atoms with Crippen molar-refractivity contribution in [2.24, 2.45) is 5.73 Å². The average molecular weight is 248 g/mol. The van der Waals surface area contributed by atoms with Gasteiger partial charge in [-0.1, -0.05) is 6.92 Å². The zero-order valence-electron chi connectivity index (χ0n) is 8.42. The van der Waals surface area contributed by atoms with Crippen molar-refractivity contribution < 1.29 is 21.6 Å². The van der Waals surface area contributed by atoms with Crippen molar-refractivity contribution in [3.05, 3.63) is 0 Å². The molecular formula is C7H15F3N2O2S. The van der Waals surface area contributed by atoms with Crippen LogP contribution in [0.5, 0.6) is 0 Å². The van der Waals surface area contributed by atoms with Crippen LogP contribution in [0.1, 0.15) is 13.3 Å². The number of rotatable bonds is 6. The summed E-state index contributed by atoms with van der Waals surface area (Å²) in [5, 5.41) is 0. The third-order valence-electron chi connectivity index (χ3n) is 1.71. The summed E-state index contributed by atoms with van der Waals surface area (Å²) >= 11 is 0. The molecule has 0 spiro atoms. The van der Waals surface area contributed by atoms with Crippen molar-refractivity contribution in [3.8, 4) is 0 Å². The molecule has 92 valence electrons. The summed E-state index contributed by atoms with van der Waals surface area (Å²) in [6.45, 7) is -0.114. The maximum absolute atomic E-state index is 12.0. The first-order valence-electron chi connectivity index (χ1n) is 4.47. The summed E-state index contributed by atoms with van der Waals surface area (Å²) in [4.78, 5) is 0. The summed E-state index contributed by atoms with van der Waals surface area (Å²) in [7, 11) is -3.83. The highest BCUT2D eigenvalue weighted by Crippen LogP contribution is 2.18. The SMILES string of the molecule is CCN(CC(F)(F)F)S(=O)(=O)CCCN. The summed E-state index contributed by atoms with van der Waals surface area (Å²) < 4.78 is 59.2. The average Bonchev–Trinajstić information content (AvgIpc) is 2.09. The predicted octanol–water partition coefficient (Wildman–Crippen LogP) is 0.549. The number of hydrogen-bond acceptors (Lipinski definition) is 3. The van der Waals surface area contributed by atoms with E-state index in [1.165, 1.54) is 6.92 Å². The van der Waals surface area contributed by atoms with Gasteiger partial charge in [0.05, 0.1) is 5.75 Å². The van der Waals surface area contributed by atoms with Crippen molar-refractivity contribution in [2.45, 2.75) is 19.5 Å². The maximum Gasteiger partial charge on any atom is 0.402 e. The molecule has 0 aliphatic heterocycles. The second-order valence-electron chi connectivity index (χ2n) is 3.00. The third-order valence-corrected chi connectivity index (χ3v) is 3.69. The molecule has 15 heavy (non-hydrogen) atoms. The van der Waals surface area contributed by atoms with E-state index in [1.54, 1.807) is 0 Å². The van der Waals surface area contributed by atoms with Gasteiger partial charge in [-0.05, 0) is 13.0 Å². The lowest BCUT2D eigenvalue weighted by Gasteiger charge is -2.21. The molecule has 0 atom stereocenters. The van der Waals surface area contributed by atoms with Crippen LogP contribution in [-0.4, -0.2) is 44.3 Å². The highest BCUT2D eigenvalue weighted by Gasteiger charge is 2.34. The molecule has 0 bridgehead atoms. The van der Waals surface area contributed by atoms with Crippen LogP contribution in [-0.2, 0) is 10.0 Å². The number of hydrogen-bond donors (Lipinski definition) is 1. The summed E-state index contributed by atoms with van der Waals surface area (Å²) in [5.74, 6) is -0.340. The van der Waals surface area contributed by atoms with Gasteiger partial charge < -0.3 is 5.73 Å². The van der Waals surface area contributed by atoms with Crippen LogP contribution in [0.3, 0.4) is 0 Å². The van der Waals surface area contributed by atoms with E-state index in [0.717, 1.165) is 0 Å². The molecule has 2 N–H and O–H groups in total. The molecule has 0 heterocycles. The molecule has 8 heteroatoms. The first-order valence-corrected chi connectivity index (χ1v) is 6.08. The van der Waals surface area contributed by atoms with Crippen molar-refractivity contribution in [3.63, 3.8) is 0 Å². The molecular weight excluding hydrogens is 233 g/mol. The molecule has 0 aromatic rings. The molecule has 0 fully saturated rings. The van der Waals surface area contributed by atoms with Crippen molar-refractivity contribution >= 4 is 10.0 Å². The van der Waals surface area contributed by atoms with Crippen LogP contribution in [0.2, 0.25) is 0 Å². The molecule has 0 rings (SSSR count). The minimum atomic E-state index is -4.51. The van der Waals surface area contributed by atoms with E-state index in [4.69, 9.17) is 5.73 Å². The molecule has 0 saturated heterocycles. The number of nitrogens with zero attached hydrogens (tertiary/aromatic N) is 1. The number of alkyl halides is 3. The van der Waals surface area contributed by atoms with Crippen LogP contribution in [0, 0.1) is 0 Å². The standard InChI is InChI=1S/C7H15F3N2O2S/c1-2-12(6-7(8,9)10)15(13,14)5-3-4-11/h2-6,11H2,1H3. The lowest BCUT2D eigenvalue weighted by atomic mass is 10.5. The summed E-state index contributed by atoms with van der Waals surface area (Å²) in [5.41, 5.74) is 5.10. The fourth-order valence-electron chi connectivity index (χ4n) is 1.00. The monoisotopic (exact) mass is 248 g/mol. The second-order valence-corrected chi connectivity index (χ2v) is 5.09. The van der Waals surface area contributed by atoms with Crippen LogP contribution in [0.25, 0.3) is 0 Å². The third kappa shape index (κ3) is 5.95. The van der Waals surface area contributed by atoms with Gasteiger partial charge in [-0.2, -0.15) is 17.5 Å². The quantitative estimate of drug-likeness (QED) is 0.746. The van der Waals surface area contributed by atoms with Crippen LogP contribution >= 0.6 is 0 Å². The van der Waals surface area contributed by atoms with Gasteiger partial charge in [0, 0.05) is 6.54 Å². The fourth-order valence-corrected chi connectivity index (χ4v) is 2.53. The van der Waals surface area contributed by atoms with Crippen LogP contribution in [0.4, 0.5) is 13.2 Å². The number of sulfonamides is 1. The number of halogens is 3. The minimum Gasteiger partial charge on any atom is -0.330 e. The van der Waals surface area contributed by atoms with E-state index in [-0.39, 0.29) is 25.3 Å². The van der Waals surface area contributed by atoms with E-state index < -0.39 is 22.7 Å². The molecule has 0 unspecified atom stereocenters. The molecule has 0 saturated carbocycles. The van der Waals surface area contributed by atoms with Gasteiger partial charge in [0.25, 0.3) is 0 Å². The molecule has 4 nitrogen and oxygen atoms in total. The molecule has 0 aliphatic carbocycles. The maximum atomic E-state index is 12.0. The first-order chi connectivity index (χ1) is 6.73. The van der Waals surface area contributed by atoms with Gasteiger partial charge in [-0.15, -0.1) is 0 Å². The Morgan fingerprint density at radius 3 is 2.20 bits per heavy atom. The van der Waals surface area contributed by atoms with Gasteiger partial charge in [0.1, 0.15) is 6.54 Å². The van der Waals surface area contributed by atoms with Gasteiger partial charge in [0.15, 0.2) is 0 Å². The van der Waals surface area contributed by atoms with Crippen molar-refractivity contribution in [1.82, 2.24) is 4.31 Å². The molecule has 0 aliphatic rings. The highest BCUT2D eigenvalue weighted by molar-refractivity contribution is 7.89. The Morgan fingerprint density at radius 1 is 1.33 bits per heavy atom. The Labute approximate surface area is 87.3 Å². The Bertz CT molecular complexity index is 276. The fraction of sp³-hybridized carbons (Fsp3) is 1.00. The van der Waals surface area contributed by atoms with E-state index >= 15 is 0 Å². The zero-order valence-corrected chi connectivity index (χ0v) is 9.24. The van der Waals surface area contributed by atoms with E-state index in [2.05, 4.69) is 0 Å². The number of nitrogens with two attached hydrogens (primary N) is 1. The van der Waals surface area contributed by atoms with E-state index in [0.29, 0.717) is 4.31 Å². The Balaban J connectivity index is 4.52. The summed E-state index contributed by atoms with van der Waals surface area (Å²) in [6, 6.07) is 0. The van der Waals surface area contributed by atoms with Crippen LogP contribution < -0.4 is 5.73 Å². The van der Waals surface area contributed by atoms with E-state index in [9.17, 15) is 21.6 Å². The van der Waals surface area contributed by atoms with Gasteiger partial charge in [0.2, 0.25) is 10.0 Å². The Hall–Kier alpha value is -0.340. The highest BCUT2D eigenvalue weighted by atomic mass is 32.2. The van der Waals surface area contributed by atoms with E-state index in [1.807, 2.05) is 0 Å². The lowest BCUT2D eigenvalue weighted by molar-refractivity contribution is -0.135. The molecule has 0 radical (unpaired) electrons. The molecule has 0 amide bonds.